The molecule has 60 valence electrons. The molecule has 0 aromatic rings. The zero-order valence-corrected chi connectivity index (χ0v) is 6.41. The summed E-state index contributed by atoms with van der Waals surface area (Å²) >= 11 is 0. The van der Waals surface area contributed by atoms with Gasteiger partial charge < -0.3 is 9.63 Å². The summed E-state index contributed by atoms with van der Waals surface area (Å²) in [6, 6.07) is 0. The van der Waals surface area contributed by atoms with Crippen LogP contribution in [0.1, 0.15) is 13.3 Å². The molecule has 0 spiro atoms. The van der Waals surface area contributed by atoms with Crippen molar-refractivity contribution < 1.29 is 9.63 Å². The molecule has 1 rings (SSSR count). The van der Waals surface area contributed by atoms with Crippen LogP contribution in [0.3, 0.4) is 0 Å². The molecule has 0 saturated carbocycles. The normalized spacial score (nSPS) is 17.7. The molecule has 1 unspecified atom stereocenters. The SMILES string of the molecule is CC(C=O)CC1=CC=CON1. The van der Waals surface area contributed by atoms with E-state index in [9.17, 15) is 4.79 Å². The molecule has 1 atom stereocenters. The van der Waals surface area contributed by atoms with Gasteiger partial charge in [0.1, 0.15) is 12.5 Å². The number of hydroxylamine groups is 1. The summed E-state index contributed by atoms with van der Waals surface area (Å²) in [5, 5.41) is 0. The molecule has 1 aliphatic rings. The molecule has 1 aliphatic heterocycles. The Morgan fingerprint density at radius 3 is 3.18 bits per heavy atom. The van der Waals surface area contributed by atoms with Gasteiger partial charge in [-0.25, -0.2) is 5.48 Å². The summed E-state index contributed by atoms with van der Waals surface area (Å²) in [6.07, 6.45) is 6.87. The second-order valence-electron chi connectivity index (χ2n) is 2.56. The first kappa shape index (κ1) is 7.85. The van der Waals surface area contributed by atoms with E-state index in [2.05, 4.69) is 5.48 Å². The molecular formula is C8H11NO2. The van der Waals surface area contributed by atoms with Gasteiger partial charge in [-0.05, 0) is 18.6 Å². The molecule has 0 amide bonds. The second-order valence-corrected chi connectivity index (χ2v) is 2.56. The van der Waals surface area contributed by atoms with Crippen LogP contribution in [-0.4, -0.2) is 6.29 Å². The van der Waals surface area contributed by atoms with Crippen LogP contribution in [0.2, 0.25) is 0 Å². The van der Waals surface area contributed by atoms with Crippen molar-refractivity contribution in [3.63, 3.8) is 0 Å². The average Bonchev–Trinajstić information content (AvgIpc) is 2.06. The Kier molecular flexibility index (Phi) is 2.72. The third kappa shape index (κ3) is 2.45. The number of allylic oxidation sites excluding steroid dienone is 3. The van der Waals surface area contributed by atoms with E-state index < -0.39 is 0 Å². The quantitative estimate of drug-likeness (QED) is 0.618. The molecule has 3 nitrogen and oxygen atoms in total. The van der Waals surface area contributed by atoms with Gasteiger partial charge in [0.25, 0.3) is 0 Å². The van der Waals surface area contributed by atoms with Crippen molar-refractivity contribution in [3.05, 3.63) is 24.1 Å². The van der Waals surface area contributed by atoms with Crippen LogP contribution >= 0.6 is 0 Å². The van der Waals surface area contributed by atoms with Gasteiger partial charge in [0.15, 0.2) is 0 Å². The largest absolute Gasteiger partial charge is 0.390 e. The summed E-state index contributed by atoms with van der Waals surface area (Å²) in [5.41, 5.74) is 3.64. The van der Waals surface area contributed by atoms with E-state index >= 15 is 0 Å². The van der Waals surface area contributed by atoms with E-state index in [0.717, 1.165) is 12.0 Å². The first-order valence-corrected chi connectivity index (χ1v) is 3.55. The van der Waals surface area contributed by atoms with Crippen molar-refractivity contribution in [3.8, 4) is 0 Å². The van der Waals surface area contributed by atoms with Crippen molar-refractivity contribution in [2.75, 3.05) is 0 Å². The van der Waals surface area contributed by atoms with E-state index in [0.29, 0.717) is 6.42 Å². The lowest BCUT2D eigenvalue weighted by Crippen LogP contribution is -2.15. The second kappa shape index (κ2) is 3.81. The average molecular weight is 153 g/mol. The van der Waals surface area contributed by atoms with E-state index in [1.165, 1.54) is 0 Å². The van der Waals surface area contributed by atoms with Crippen LogP contribution in [0, 0.1) is 5.92 Å². The minimum atomic E-state index is 0.0452. The molecule has 0 fully saturated rings. The van der Waals surface area contributed by atoms with Crippen molar-refractivity contribution in [1.82, 2.24) is 5.48 Å². The van der Waals surface area contributed by atoms with Gasteiger partial charge in [0, 0.05) is 11.6 Å². The topological polar surface area (TPSA) is 38.3 Å². The fraction of sp³-hybridized carbons (Fsp3) is 0.375. The van der Waals surface area contributed by atoms with Gasteiger partial charge in [-0.2, -0.15) is 0 Å². The Balaban J connectivity index is 2.41. The Hall–Kier alpha value is -1.25. The maximum Gasteiger partial charge on any atom is 0.123 e. The van der Waals surface area contributed by atoms with Gasteiger partial charge in [-0.15, -0.1) is 0 Å². The van der Waals surface area contributed by atoms with Crippen LogP contribution in [0.4, 0.5) is 0 Å². The fourth-order valence-corrected chi connectivity index (χ4v) is 0.843. The van der Waals surface area contributed by atoms with E-state index in [1.54, 1.807) is 12.3 Å². The zero-order valence-electron chi connectivity index (χ0n) is 6.41. The van der Waals surface area contributed by atoms with Crippen molar-refractivity contribution in [2.45, 2.75) is 13.3 Å². The van der Waals surface area contributed by atoms with Crippen LogP contribution in [0.5, 0.6) is 0 Å². The molecular weight excluding hydrogens is 142 g/mol. The number of nitrogens with one attached hydrogen (secondary N) is 1. The van der Waals surface area contributed by atoms with Gasteiger partial charge >= 0.3 is 0 Å². The Morgan fingerprint density at radius 2 is 2.64 bits per heavy atom. The Labute approximate surface area is 65.7 Å². The highest BCUT2D eigenvalue weighted by Crippen LogP contribution is 2.08. The summed E-state index contributed by atoms with van der Waals surface area (Å²) in [6.45, 7) is 1.87. The number of rotatable bonds is 3. The predicted octanol–water partition coefficient (Wildman–Crippen LogP) is 1.14. The molecule has 11 heavy (non-hydrogen) atoms. The molecule has 3 heteroatoms. The number of carbonyl (C=O) groups is 1. The van der Waals surface area contributed by atoms with E-state index in [-0.39, 0.29) is 5.92 Å². The summed E-state index contributed by atoms with van der Waals surface area (Å²) in [4.78, 5) is 15.1. The molecule has 0 aromatic heterocycles. The standard InChI is InChI=1S/C8H11NO2/c1-7(6-10)5-8-3-2-4-11-9-8/h2-4,6-7,9H,5H2,1H3. The van der Waals surface area contributed by atoms with Crippen LogP contribution in [0.15, 0.2) is 24.1 Å². The van der Waals surface area contributed by atoms with Gasteiger partial charge in [-0.1, -0.05) is 6.92 Å². The van der Waals surface area contributed by atoms with Crippen molar-refractivity contribution >= 4 is 6.29 Å². The number of hydrogen-bond donors (Lipinski definition) is 1. The highest BCUT2D eigenvalue weighted by atomic mass is 16.6. The van der Waals surface area contributed by atoms with Crippen LogP contribution < -0.4 is 5.48 Å². The van der Waals surface area contributed by atoms with Gasteiger partial charge in [-0.3, -0.25) is 0 Å². The summed E-state index contributed by atoms with van der Waals surface area (Å²) in [5.74, 6) is 0.0452. The maximum atomic E-state index is 10.3. The lowest BCUT2D eigenvalue weighted by atomic mass is 10.1. The van der Waals surface area contributed by atoms with Crippen molar-refractivity contribution in [2.24, 2.45) is 5.92 Å². The molecule has 1 N–H and O–H groups in total. The van der Waals surface area contributed by atoms with E-state index in [1.807, 2.05) is 13.0 Å². The fourth-order valence-electron chi connectivity index (χ4n) is 0.843. The lowest BCUT2D eigenvalue weighted by Gasteiger charge is -2.12. The molecule has 0 bridgehead atoms. The van der Waals surface area contributed by atoms with E-state index in [4.69, 9.17) is 4.84 Å². The highest BCUT2D eigenvalue weighted by Gasteiger charge is 2.04. The Bertz CT molecular complexity index is 196. The van der Waals surface area contributed by atoms with Crippen LogP contribution in [-0.2, 0) is 9.63 Å². The monoisotopic (exact) mass is 153 g/mol. The molecule has 0 aromatic carbocycles. The van der Waals surface area contributed by atoms with Gasteiger partial charge in [0.05, 0.1) is 0 Å². The Morgan fingerprint density at radius 1 is 1.82 bits per heavy atom. The van der Waals surface area contributed by atoms with Crippen LogP contribution in [0.25, 0.3) is 0 Å². The molecule has 0 saturated heterocycles. The number of hydrogen-bond acceptors (Lipinski definition) is 3. The minimum Gasteiger partial charge on any atom is -0.390 e. The van der Waals surface area contributed by atoms with Crippen molar-refractivity contribution in [1.29, 1.82) is 0 Å². The third-order valence-electron chi connectivity index (χ3n) is 1.41. The lowest BCUT2D eigenvalue weighted by molar-refractivity contribution is -0.110. The first-order valence-electron chi connectivity index (χ1n) is 3.55. The maximum absolute atomic E-state index is 10.3. The molecule has 0 aliphatic carbocycles. The highest BCUT2D eigenvalue weighted by molar-refractivity contribution is 5.53. The summed E-state index contributed by atoms with van der Waals surface area (Å²) in [7, 11) is 0. The third-order valence-corrected chi connectivity index (χ3v) is 1.41. The zero-order chi connectivity index (χ0) is 8.10. The first-order chi connectivity index (χ1) is 5.33. The summed E-state index contributed by atoms with van der Waals surface area (Å²) < 4.78 is 0. The molecule has 0 radical (unpaired) electrons. The minimum absolute atomic E-state index is 0.0452. The predicted molar refractivity (Wildman–Crippen MR) is 41.3 cm³/mol. The number of aldehydes is 1. The molecule has 1 heterocycles. The smallest absolute Gasteiger partial charge is 0.123 e. The van der Waals surface area contributed by atoms with Gasteiger partial charge in [0.2, 0.25) is 0 Å². The number of carbonyl (C=O) groups excluding carboxylic acids is 1.